The second-order valence-corrected chi connectivity index (χ2v) is 4.44. The highest BCUT2D eigenvalue weighted by Crippen LogP contribution is 2.22. The van der Waals surface area contributed by atoms with Crippen molar-refractivity contribution in [3.8, 4) is 5.75 Å². The van der Waals surface area contributed by atoms with Crippen molar-refractivity contribution in [2.24, 2.45) is 0 Å². The maximum atomic E-state index is 5.95. The highest BCUT2D eigenvalue weighted by molar-refractivity contribution is 5.49. The van der Waals surface area contributed by atoms with Crippen LogP contribution in [-0.2, 0) is 0 Å². The molecular formula is C13H20N2O. The monoisotopic (exact) mass is 220 g/mol. The van der Waals surface area contributed by atoms with Crippen LogP contribution in [0.2, 0.25) is 0 Å². The number of rotatable bonds is 3. The highest BCUT2D eigenvalue weighted by Gasteiger charge is 2.22. The average Bonchev–Trinajstić information content (AvgIpc) is 2.71. The Bertz CT molecular complexity index is 365. The molecule has 0 spiro atoms. The number of nitrogen functional groups attached to an aromatic ring is 1. The fourth-order valence-corrected chi connectivity index (χ4v) is 2.09. The van der Waals surface area contributed by atoms with Gasteiger partial charge >= 0.3 is 0 Å². The minimum Gasteiger partial charge on any atom is -0.489 e. The quantitative estimate of drug-likeness (QED) is 0.792. The normalized spacial score (nSPS) is 21.2. The summed E-state index contributed by atoms with van der Waals surface area (Å²) in [5, 5.41) is 0. The second-order valence-electron chi connectivity index (χ2n) is 4.44. The third-order valence-corrected chi connectivity index (χ3v) is 3.22. The Labute approximate surface area is 97.2 Å². The summed E-state index contributed by atoms with van der Waals surface area (Å²) in [6.45, 7) is 7.50. The first-order valence-corrected chi connectivity index (χ1v) is 5.94. The van der Waals surface area contributed by atoms with E-state index in [2.05, 4.69) is 11.8 Å². The van der Waals surface area contributed by atoms with Crippen LogP contribution < -0.4 is 10.5 Å². The lowest BCUT2D eigenvalue weighted by Crippen LogP contribution is -2.24. The van der Waals surface area contributed by atoms with E-state index in [0.717, 1.165) is 43.1 Å². The molecule has 0 saturated carbocycles. The lowest BCUT2D eigenvalue weighted by Gasteiger charge is -2.15. The van der Waals surface area contributed by atoms with E-state index in [1.54, 1.807) is 0 Å². The van der Waals surface area contributed by atoms with Gasteiger partial charge < -0.3 is 10.5 Å². The van der Waals surface area contributed by atoms with E-state index >= 15 is 0 Å². The topological polar surface area (TPSA) is 38.5 Å². The van der Waals surface area contributed by atoms with E-state index in [1.165, 1.54) is 0 Å². The van der Waals surface area contributed by atoms with Crippen LogP contribution in [0.4, 0.5) is 5.69 Å². The molecule has 1 unspecified atom stereocenters. The molecule has 0 radical (unpaired) electrons. The average molecular weight is 220 g/mol. The Morgan fingerprint density at radius 1 is 1.50 bits per heavy atom. The standard InChI is InChI=1S/C13H20N2O/c1-3-15-7-6-12(9-15)16-11-4-5-13(14)10(2)8-11/h4-5,8,12H,3,6-7,9,14H2,1-2H3. The van der Waals surface area contributed by atoms with Crippen molar-refractivity contribution in [1.29, 1.82) is 0 Å². The van der Waals surface area contributed by atoms with Crippen molar-refractivity contribution in [1.82, 2.24) is 4.90 Å². The Morgan fingerprint density at radius 2 is 2.31 bits per heavy atom. The summed E-state index contributed by atoms with van der Waals surface area (Å²) in [5.41, 5.74) is 7.69. The van der Waals surface area contributed by atoms with E-state index in [4.69, 9.17) is 10.5 Å². The van der Waals surface area contributed by atoms with Crippen molar-refractivity contribution in [2.45, 2.75) is 26.4 Å². The van der Waals surface area contributed by atoms with Crippen molar-refractivity contribution in [3.63, 3.8) is 0 Å². The molecule has 1 fully saturated rings. The zero-order chi connectivity index (χ0) is 11.5. The van der Waals surface area contributed by atoms with Crippen LogP contribution in [0, 0.1) is 6.92 Å². The molecule has 2 N–H and O–H groups in total. The Morgan fingerprint density at radius 3 is 2.94 bits per heavy atom. The number of ether oxygens (including phenoxy) is 1. The van der Waals surface area contributed by atoms with E-state index in [-0.39, 0.29) is 0 Å². The predicted molar refractivity (Wildman–Crippen MR) is 66.7 cm³/mol. The first kappa shape index (κ1) is 11.3. The molecule has 0 amide bonds. The van der Waals surface area contributed by atoms with Gasteiger partial charge in [0.05, 0.1) is 0 Å². The molecule has 1 aliphatic heterocycles. The van der Waals surface area contributed by atoms with E-state index in [9.17, 15) is 0 Å². The van der Waals surface area contributed by atoms with Crippen LogP contribution >= 0.6 is 0 Å². The van der Waals surface area contributed by atoms with E-state index < -0.39 is 0 Å². The van der Waals surface area contributed by atoms with Gasteiger partial charge in [-0.15, -0.1) is 0 Å². The Balaban J connectivity index is 1.97. The molecule has 2 rings (SSSR count). The minimum atomic E-state index is 0.336. The number of benzene rings is 1. The van der Waals surface area contributed by atoms with Crippen LogP contribution in [0.5, 0.6) is 5.75 Å². The molecule has 88 valence electrons. The number of likely N-dealkylation sites (tertiary alicyclic amines) is 1. The number of hydrogen-bond acceptors (Lipinski definition) is 3. The molecule has 1 aliphatic rings. The fourth-order valence-electron chi connectivity index (χ4n) is 2.09. The molecule has 1 aromatic carbocycles. The lowest BCUT2D eigenvalue weighted by atomic mass is 10.2. The van der Waals surface area contributed by atoms with Crippen molar-refractivity contribution in [3.05, 3.63) is 23.8 Å². The molecule has 1 heterocycles. The zero-order valence-electron chi connectivity index (χ0n) is 10.1. The number of likely N-dealkylation sites (N-methyl/N-ethyl adjacent to an activating group) is 1. The maximum Gasteiger partial charge on any atom is 0.120 e. The lowest BCUT2D eigenvalue weighted by molar-refractivity contribution is 0.202. The summed E-state index contributed by atoms with van der Waals surface area (Å²) < 4.78 is 5.95. The van der Waals surface area contributed by atoms with Crippen molar-refractivity contribution >= 4 is 5.69 Å². The second kappa shape index (κ2) is 4.74. The van der Waals surface area contributed by atoms with Crippen molar-refractivity contribution in [2.75, 3.05) is 25.4 Å². The van der Waals surface area contributed by atoms with Gasteiger partial charge in [0.15, 0.2) is 0 Å². The third-order valence-electron chi connectivity index (χ3n) is 3.22. The molecule has 3 heteroatoms. The summed E-state index contributed by atoms with van der Waals surface area (Å²) in [4.78, 5) is 2.41. The number of hydrogen-bond donors (Lipinski definition) is 1. The summed E-state index contributed by atoms with van der Waals surface area (Å²) >= 11 is 0. The number of nitrogens with zero attached hydrogens (tertiary/aromatic N) is 1. The summed E-state index contributed by atoms with van der Waals surface area (Å²) in [7, 11) is 0. The highest BCUT2D eigenvalue weighted by atomic mass is 16.5. The maximum absolute atomic E-state index is 5.95. The van der Waals surface area contributed by atoms with Gasteiger partial charge in [-0.25, -0.2) is 0 Å². The molecule has 1 saturated heterocycles. The van der Waals surface area contributed by atoms with Gasteiger partial charge in [-0.2, -0.15) is 0 Å². The van der Waals surface area contributed by atoms with Gasteiger partial charge in [0.2, 0.25) is 0 Å². The van der Waals surface area contributed by atoms with Gasteiger partial charge in [0.25, 0.3) is 0 Å². The Kier molecular flexibility index (Phi) is 3.34. The Hall–Kier alpha value is -1.22. The SMILES string of the molecule is CCN1CCC(Oc2ccc(N)c(C)c2)C1. The molecule has 16 heavy (non-hydrogen) atoms. The molecule has 0 aliphatic carbocycles. The van der Waals surface area contributed by atoms with Gasteiger partial charge in [0.1, 0.15) is 11.9 Å². The molecule has 1 aromatic rings. The summed E-state index contributed by atoms with van der Waals surface area (Å²) in [5.74, 6) is 0.939. The molecule has 1 atom stereocenters. The van der Waals surface area contributed by atoms with Crippen LogP contribution in [-0.4, -0.2) is 30.6 Å². The van der Waals surface area contributed by atoms with Gasteiger partial charge in [0, 0.05) is 18.8 Å². The van der Waals surface area contributed by atoms with Crippen molar-refractivity contribution < 1.29 is 4.74 Å². The molecular weight excluding hydrogens is 200 g/mol. The van der Waals surface area contributed by atoms with E-state index in [0.29, 0.717) is 6.10 Å². The summed E-state index contributed by atoms with van der Waals surface area (Å²) in [6, 6.07) is 5.89. The zero-order valence-corrected chi connectivity index (χ0v) is 10.1. The van der Waals surface area contributed by atoms with Gasteiger partial charge in [-0.3, -0.25) is 4.90 Å². The fraction of sp³-hybridized carbons (Fsp3) is 0.538. The largest absolute Gasteiger partial charge is 0.489 e. The first-order chi connectivity index (χ1) is 7.69. The van der Waals surface area contributed by atoms with Crippen LogP contribution in [0.25, 0.3) is 0 Å². The summed E-state index contributed by atoms with van der Waals surface area (Å²) in [6.07, 6.45) is 1.46. The smallest absolute Gasteiger partial charge is 0.120 e. The van der Waals surface area contributed by atoms with E-state index in [1.807, 2.05) is 25.1 Å². The first-order valence-electron chi connectivity index (χ1n) is 5.94. The minimum absolute atomic E-state index is 0.336. The molecule has 3 nitrogen and oxygen atoms in total. The van der Waals surface area contributed by atoms with Crippen LogP contribution in [0.1, 0.15) is 18.9 Å². The predicted octanol–water partition coefficient (Wildman–Crippen LogP) is 2.05. The third kappa shape index (κ3) is 2.47. The molecule has 0 bridgehead atoms. The number of nitrogens with two attached hydrogens (primary N) is 1. The molecule has 0 aromatic heterocycles. The number of aryl methyl sites for hydroxylation is 1. The van der Waals surface area contributed by atoms with Crippen LogP contribution in [0.15, 0.2) is 18.2 Å². The van der Waals surface area contributed by atoms with Gasteiger partial charge in [-0.05, 0) is 43.7 Å². The van der Waals surface area contributed by atoms with Crippen LogP contribution in [0.3, 0.4) is 0 Å². The van der Waals surface area contributed by atoms with Gasteiger partial charge in [-0.1, -0.05) is 6.92 Å². The number of anilines is 1.